The lowest BCUT2D eigenvalue weighted by Crippen LogP contribution is -2.26. The number of thiophene rings is 1. The van der Waals surface area contributed by atoms with Crippen molar-refractivity contribution in [2.24, 2.45) is 0 Å². The molecule has 0 aromatic carbocycles. The van der Waals surface area contributed by atoms with Crippen LogP contribution >= 0.6 is 11.3 Å². The van der Waals surface area contributed by atoms with Gasteiger partial charge in [0.1, 0.15) is 6.61 Å². The van der Waals surface area contributed by atoms with Gasteiger partial charge in [-0.05, 0) is 23.1 Å². The van der Waals surface area contributed by atoms with E-state index >= 15 is 0 Å². The first-order chi connectivity index (χ1) is 10.1. The average molecular weight is 304 g/mol. The van der Waals surface area contributed by atoms with Gasteiger partial charge in [-0.2, -0.15) is 0 Å². The Kier molecular flexibility index (Phi) is 5.04. The molecular weight excluding hydrogens is 291 g/mol. The second-order valence-corrected chi connectivity index (χ2v) is 5.21. The van der Waals surface area contributed by atoms with Crippen LogP contribution in [0.15, 0.2) is 29.9 Å². The monoisotopic (exact) mass is 304 g/mol. The third-order valence-corrected chi connectivity index (χ3v) is 3.61. The summed E-state index contributed by atoms with van der Waals surface area (Å²) in [6, 6.07) is 3.21. The van der Waals surface area contributed by atoms with Crippen molar-refractivity contribution >= 4 is 17.2 Å². The van der Waals surface area contributed by atoms with Gasteiger partial charge in [-0.25, -0.2) is 4.39 Å². The number of halogens is 1. The summed E-state index contributed by atoms with van der Waals surface area (Å²) in [4.78, 5) is 18.0. The number of aliphatic hydroxyl groups is 1. The standard InChI is InChI=1S/C15H13FN2O2S/c1-18(15(20)13-4-5-17-8-14(13)16)9-11-7-12(21-10-11)3-2-6-19/h4-5,7-8,10,19H,6,9H2,1H3. The zero-order valence-electron chi connectivity index (χ0n) is 11.3. The van der Waals surface area contributed by atoms with E-state index in [0.717, 1.165) is 16.6 Å². The highest BCUT2D eigenvalue weighted by Gasteiger charge is 2.16. The molecule has 2 heterocycles. The van der Waals surface area contributed by atoms with E-state index in [9.17, 15) is 9.18 Å². The summed E-state index contributed by atoms with van der Waals surface area (Å²) in [7, 11) is 1.61. The van der Waals surface area contributed by atoms with Gasteiger partial charge in [0.25, 0.3) is 5.91 Å². The first-order valence-electron chi connectivity index (χ1n) is 6.14. The first-order valence-corrected chi connectivity index (χ1v) is 7.02. The second kappa shape index (κ2) is 6.97. The van der Waals surface area contributed by atoms with Crippen molar-refractivity contribution in [3.8, 4) is 11.8 Å². The zero-order valence-corrected chi connectivity index (χ0v) is 12.2. The lowest BCUT2D eigenvalue weighted by atomic mass is 10.2. The number of nitrogens with zero attached hydrogens (tertiary/aromatic N) is 2. The fourth-order valence-corrected chi connectivity index (χ4v) is 2.52. The molecule has 6 heteroatoms. The molecule has 2 aromatic heterocycles. The normalized spacial score (nSPS) is 9.86. The fourth-order valence-electron chi connectivity index (χ4n) is 1.75. The molecule has 0 saturated carbocycles. The number of carbonyl (C=O) groups is 1. The molecule has 0 spiro atoms. The molecule has 0 bridgehead atoms. The highest BCUT2D eigenvalue weighted by atomic mass is 32.1. The van der Waals surface area contributed by atoms with Gasteiger partial charge in [-0.1, -0.05) is 11.8 Å². The van der Waals surface area contributed by atoms with Gasteiger partial charge < -0.3 is 10.0 Å². The predicted molar refractivity (Wildman–Crippen MR) is 78.3 cm³/mol. The Labute approximate surface area is 125 Å². The molecule has 1 amide bonds. The number of hydrogen-bond donors (Lipinski definition) is 1. The maximum atomic E-state index is 13.5. The van der Waals surface area contributed by atoms with Crippen LogP contribution in [0.25, 0.3) is 0 Å². The van der Waals surface area contributed by atoms with E-state index in [-0.39, 0.29) is 12.2 Å². The van der Waals surface area contributed by atoms with Gasteiger partial charge in [0.05, 0.1) is 16.6 Å². The van der Waals surface area contributed by atoms with Gasteiger partial charge >= 0.3 is 0 Å². The molecule has 108 valence electrons. The molecule has 0 aliphatic rings. The van der Waals surface area contributed by atoms with Crippen molar-refractivity contribution in [2.75, 3.05) is 13.7 Å². The average Bonchev–Trinajstić information content (AvgIpc) is 2.92. The molecule has 0 saturated heterocycles. The molecule has 0 fully saturated rings. The van der Waals surface area contributed by atoms with Gasteiger partial charge in [0.2, 0.25) is 0 Å². The van der Waals surface area contributed by atoms with Crippen LogP contribution in [0, 0.1) is 17.7 Å². The highest BCUT2D eigenvalue weighted by Crippen LogP contribution is 2.16. The van der Waals surface area contributed by atoms with E-state index in [1.165, 1.54) is 28.5 Å². The maximum absolute atomic E-state index is 13.5. The lowest BCUT2D eigenvalue weighted by molar-refractivity contribution is 0.0780. The SMILES string of the molecule is CN(Cc1csc(C#CCO)c1)C(=O)c1ccncc1F. The minimum absolute atomic E-state index is 0.00280. The molecule has 1 N–H and O–H groups in total. The number of rotatable bonds is 3. The lowest BCUT2D eigenvalue weighted by Gasteiger charge is -2.16. The van der Waals surface area contributed by atoms with Crippen LogP contribution in [-0.2, 0) is 6.54 Å². The molecule has 0 unspecified atom stereocenters. The predicted octanol–water partition coefficient (Wildman–Crippen LogP) is 1.90. The molecular formula is C15H13FN2O2S. The Balaban J connectivity index is 2.07. The van der Waals surface area contributed by atoms with Gasteiger partial charge in [-0.3, -0.25) is 9.78 Å². The summed E-state index contributed by atoms with van der Waals surface area (Å²) in [5.74, 6) is 4.34. The first kappa shape index (κ1) is 15.2. The van der Waals surface area contributed by atoms with Crippen LogP contribution in [-0.4, -0.2) is 34.6 Å². The minimum Gasteiger partial charge on any atom is -0.384 e. The molecule has 0 atom stereocenters. The van der Waals surface area contributed by atoms with Crippen LogP contribution in [0.1, 0.15) is 20.8 Å². The Morgan fingerprint density at radius 1 is 1.57 bits per heavy atom. The van der Waals surface area contributed by atoms with Crippen molar-refractivity contribution < 1.29 is 14.3 Å². The molecule has 2 aromatic rings. The van der Waals surface area contributed by atoms with Crippen LogP contribution in [0.4, 0.5) is 4.39 Å². The van der Waals surface area contributed by atoms with Gasteiger partial charge in [0.15, 0.2) is 5.82 Å². The smallest absolute Gasteiger partial charge is 0.256 e. The number of aliphatic hydroxyl groups excluding tert-OH is 1. The number of pyridine rings is 1. The van der Waals surface area contributed by atoms with Crippen LogP contribution in [0.5, 0.6) is 0 Å². The van der Waals surface area contributed by atoms with Crippen molar-refractivity contribution in [3.63, 3.8) is 0 Å². The van der Waals surface area contributed by atoms with Crippen LogP contribution in [0.3, 0.4) is 0 Å². The molecule has 4 nitrogen and oxygen atoms in total. The van der Waals surface area contributed by atoms with Crippen molar-refractivity contribution in [1.29, 1.82) is 0 Å². The third-order valence-electron chi connectivity index (χ3n) is 2.71. The molecule has 21 heavy (non-hydrogen) atoms. The topological polar surface area (TPSA) is 53.4 Å². The van der Waals surface area contributed by atoms with E-state index in [2.05, 4.69) is 16.8 Å². The molecule has 0 aliphatic heterocycles. The third kappa shape index (κ3) is 3.88. The summed E-state index contributed by atoms with van der Waals surface area (Å²) in [6.07, 6.45) is 2.41. The minimum atomic E-state index is -0.630. The Bertz CT molecular complexity index is 703. The quantitative estimate of drug-likeness (QED) is 0.881. The van der Waals surface area contributed by atoms with E-state index in [4.69, 9.17) is 5.11 Å². The van der Waals surface area contributed by atoms with E-state index in [1.807, 2.05) is 11.4 Å². The van der Waals surface area contributed by atoms with Crippen molar-refractivity contribution in [2.45, 2.75) is 6.54 Å². The molecule has 0 aliphatic carbocycles. The summed E-state index contributed by atoms with van der Waals surface area (Å²) >= 11 is 1.44. The summed E-state index contributed by atoms with van der Waals surface area (Å²) < 4.78 is 13.5. The van der Waals surface area contributed by atoms with Crippen LogP contribution in [0.2, 0.25) is 0 Å². The zero-order chi connectivity index (χ0) is 15.2. The second-order valence-electron chi connectivity index (χ2n) is 4.30. The summed E-state index contributed by atoms with van der Waals surface area (Å²) in [6.45, 7) is 0.171. The fraction of sp³-hybridized carbons (Fsp3) is 0.200. The van der Waals surface area contributed by atoms with Crippen LogP contribution < -0.4 is 0 Å². The molecule has 0 radical (unpaired) electrons. The van der Waals surface area contributed by atoms with E-state index in [1.54, 1.807) is 7.05 Å². The van der Waals surface area contributed by atoms with Crippen molar-refractivity contribution in [3.05, 3.63) is 51.7 Å². The van der Waals surface area contributed by atoms with E-state index in [0.29, 0.717) is 6.54 Å². The Morgan fingerprint density at radius 3 is 3.10 bits per heavy atom. The van der Waals surface area contributed by atoms with Gasteiger partial charge in [-0.15, -0.1) is 11.3 Å². The summed E-state index contributed by atoms with van der Waals surface area (Å²) in [5.41, 5.74) is 0.913. The van der Waals surface area contributed by atoms with Crippen molar-refractivity contribution in [1.82, 2.24) is 9.88 Å². The molecule has 2 rings (SSSR count). The number of amides is 1. The highest BCUT2D eigenvalue weighted by molar-refractivity contribution is 7.10. The maximum Gasteiger partial charge on any atom is 0.256 e. The van der Waals surface area contributed by atoms with E-state index < -0.39 is 11.7 Å². The number of aromatic nitrogens is 1. The number of hydrogen-bond acceptors (Lipinski definition) is 4. The number of carbonyl (C=O) groups excluding carboxylic acids is 1. The Morgan fingerprint density at radius 2 is 2.38 bits per heavy atom. The summed E-state index contributed by atoms with van der Waals surface area (Å²) in [5, 5.41) is 10.5. The Hall–Kier alpha value is -2.23. The van der Waals surface area contributed by atoms with Gasteiger partial charge in [0, 0.05) is 19.8 Å². The largest absolute Gasteiger partial charge is 0.384 e.